The molecular formula is C26H29F3N8. The molecule has 194 valence electrons. The third kappa shape index (κ3) is 6.62. The topological polar surface area (TPSA) is 113 Å². The van der Waals surface area contributed by atoms with Gasteiger partial charge >= 0.3 is 0 Å². The molecule has 0 aromatic carbocycles. The number of amidine groups is 1. The second-order valence-electron chi connectivity index (χ2n) is 8.87. The Kier molecular flexibility index (Phi) is 8.34. The molecular weight excluding hydrogens is 481 g/mol. The van der Waals surface area contributed by atoms with Crippen LogP contribution in [0.5, 0.6) is 0 Å². The smallest absolute Gasteiger partial charge is 0.251 e. The number of aliphatic imine (C=N–C) groups is 2. The summed E-state index contributed by atoms with van der Waals surface area (Å²) >= 11 is 0. The highest BCUT2D eigenvalue weighted by Gasteiger charge is 2.30. The summed E-state index contributed by atoms with van der Waals surface area (Å²) in [5, 5.41) is 9.45. The van der Waals surface area contributed by atoms with Crippen molar-refractivity contribution < 1.29 is 13.2 Å². The Balaban J connectivity index is 1.63. The minimum Gasteiger partial charge on any atom is -0.405 e. The van der Waals surface area contributed by atoms with Crippen molar-refractivity contribution in [2.75, 3.05) is 25.0 Å². The van der Waals surface area contributed by atoms with Crippen molar-refractivity contribution in [1.82, 2.24) is 20.6 Å². The summed E-state index contributed by atoms with van der Waals surface area (Å²) in [6.07, 6.45) is 11.2. The van der Waals surface area contributed by atoms with Crippen LogP contribution in [-0.2, 0) is 0 Å². The van der Waals surface area contributed by atoms with Gasteiger partial charge in [0.25, 0.3) is 5.95 Å². The van der Waals surface area contributed by atoms with Crippen LogP contribution in [-0.4, -0.2) is 48.2 Å². The first-order valence-electron chi connectivity index (χ1n) is 11.9. The molecule has 0 bridgehead atoms. The number of nitrogens with zero attached hydrogens (tertiary/aromatic N) is 4. The molecule has 2 fully saturated rings. The molecule has 0 spiro atoms. The zero-order chi connectivity index (χ0) is 26.4. The summed E-state index contributed by atoms with van der Waals surface area (Å²) in [5.41, 5.74) is 9.06. The van der Waals surface area contributed by atoms with Gasteiger partial charge in [0.15, 0.2) is 17.5 Å². The summed E-state index contributed by atoms with van der Waals surface area (Å²) in [6.45, 7) is 9.44. The predicted octanol–water partition coefficient (Wildman–Crippen LogP) is 3.83. The van der Waals surface area contributed by atoms with Gasteiger partial charge in [0.2, 0.25) is 0 Å². The summed E-state index contributed by atoms with van der Waals surface area (Å²) in [5.74, 6) is -3.25. The maximum Gasteiger partial charge on any atom is 0.251 e. The number of pyridine rings is 2. The second-order valence-corrected chi connectivity index (χ2v) is 8.87. The van der Waals surface area contributed by atoms with Gasteiger partial charge in [-0.2, -0.15) is 9.37 Å². The molecule has 2 aromatic rings. The molecule has 4 rings (SSSR count). The van der Waals surface area contributed by atoms with E-state index >= 15 is 0 Å². The summed E-state index contributed by atoms with van der Waals surface area (Å²) in [7, 11) is 0. The van der Waals surface area contributed by atoms with Crippen molar-refractivity contribution in [3.8, 4) is 0 Å². The van der Waals surface area contributed by atoms with Gasteiger partial charge in [-0.3, -0.25) is 15.0 Å². The molecule has 1 saturated carbocycles. The lowest BCUT2D eigenvalue weighted by Crippen LogP contribution is -2.37. The standard InChI is InChI=1S/C26H29F3N8/c1-15(35-25-21(28)10-20(27)24(29)37-25)9-16(5-7-30)11-34-26(36-18-6-8-32-12-18)23-19(17-3-4-17)13-33-14-22(23)31-2/h5,7,9-10,13-14,17-18,32H,1-4,6,8,11-12,30H2,(H,34,36)(H,35,37)/b7-5-,16-9+. The molecule has 8 nitrogen and oxygen atoms in total. The Morgan fingerprint density at radius 3 is 2.70 bits per heavy atom. The van der Waals surface area contributed by atoms with Crippen LogP contribution in [0, 0.1) is 17.6 Å². The van der Waals surface area contributed by atoms with Crippen LogP contribution < -0.4 is 21.7 Å². The van der Waals surface area contributed by atoms with E-state index in [4.69, 9.17) is 10.7 Å². The van der Waals surface area contributed by atoms with Gasteiger partial charge in [-0.05, 0) is 67.9 Å². The monoisotopic (exact) mass is 510 g/mol. The molecule has 2 aromatic heterocycles. The average Bonchev–Trinajstić information content (AvgIpc) is 3.60. The molecule has 1 aliphatic carbocycles. The third-order valence-corrected chi connectivity index (χ3v) is 6.04. The number of nitrogens with one attached hydrogen (secondary N) is 3. The number of aromatic nitrogens is 2. The number of hydrogen-bond acceptors (Lipinski definition) is 7. The Bertz CT molecular complexity index is 1260. The number of nitrogens with two attached hydrogens (primary N) is 1. The van der Waals surface area contributed by atoms with Crippen LogP contribution in [0.15, 0.2) is 64.6 Å². The molecule has 5 N–H and O–H groups in total. The third-order valence-electron chi connectivity index (χ3n) is 6.04. The summed E-state index contributed by atoms with van der Waals surface area (Å²) in [4.78, 5) is 16.7. The highest BCUT2D eigenvalue weighted by molar-refractivity contribution is 6.05. The van der Waals surface area contributed by atoms with E-state index < -0.39 is 23.4 Å². The lowest BCUT2D eigenvalue weighted by molar-refractivity contribution is 0.467. The quantitative estimate of drug-likeness (QED) is 0.167. The van der Waals surface area contributed by atoms with Crippen LogP contribution in [0.3, 0.4) is 0 Å². The SMILES string of the molecule is C=Nc1cncc(C2CC2)c1C(=NCC(/C=C\N)=C/C(=C)Nc1nc(F)c(F)cc1F)NC1CCNC1. The van der Waals surface area contributed by atoms with E-state index in [0.717, 1.165) is 43.5 Å². The molecule has 0 radical (unpaired) electrons. The van der Waals surface area contributed by atoms with E-state index in [2.05, 4.69) is 44.2 Å². The second kappa shape index (κ2) is 11.8. The molecule has 1 aliphatic heterocycles. The van der Waals surface area contributed by atoms with Gasteiger partial charge in [-0.25, -0.2) is 8.78 Å². The molecule has 3 heterocycles. The van der Waals surface area contributed by atoms with Crippen molar-refractivity contribution in [3.63, 3.8) is 0 Å². The van der Waals surface area contributed by atoms with Crippen molar-refractivity contribution in [1.29, 1.82) is 0 Å². The van der Waals surface area contributed by atoms with Gasteiger partial charge in [0.05, 0.1) is 18.4 Å². The molecule has 1 saturated heterocycles. The van der Waals surface area contributed by atoms with Crippen molar-refractivity contribution in [2.45, 2.75) is 31.2 Å². The molecule has 2 aliphatic rings. The van der Waals surface area contributed by atoms with Crippen LogP contribution in [0.2, 0.25) is 0 Å². The largest absolute Gasteiger partial charge is 0.405 e. The molecule has 1 atom stereocenters. The van der Waals surface area contributed by atoms with Gasteiger partial charge < -0.3 is 21.7 Å². The maximum atomic E-state index is 14.0. The van der Waals surface area contributed by atoms with Gasteiger partial charge in [0, 0.05) is 36.1 Å². The molecule has 37 heavy (non-hydrogen) atoms. The van der Waals surface area contributed by atoms with E-state index in [1.165, 1.54) is 6.20 Å². The van der Waals surface area contributed by atoms with Crippen LogP contribution in [0.1, 0.15) is 36.3 Å². The molecule has 0 amide bonds. The van der Waals surface area contributed by atoms with Crippen molar-refractivity contribution in [2.24, 2.45) is 15.7 Å². The number of halogens is 3. The van der Waals surface area contributed by atoms with E-state index in [1.807, 2.05) is 6.20 Å². The lowest BCUT2D eigenvalue weighted by atomic mass is 10.0. The van der Waals surface area contributed by atoms with Crippen LogP contribution in [0.4, 0.5) is 24.7 Å². The minimum atomic E-state index is -1.42. The summed E-state index contributed by atoms with van der Waals surface area (Å²) < 4.78 is 40.7. The van der Waals surface area contributed by atoms with Crippen LogP contribution in [0.25, 0.3) is 0 Å². The van der Waals surface area contributed by atoms with Crippen LogP contribution >= 0.6 is 0 Å². The Hall–Kier alpha value is -3.99. The lowest BCUT2D eigenvalue weighted by Gasteiger charge is -2.19. The Labute approximate surface area is 213 Å². The first kappa shape index (κ1) is 26.1. The van der Waals surface area contributed by atoms with Gasteiger partial charge in [-0.1, -0.05) is 6.58 Å². The number of hydrogen-bond donors (Lipinski definition) is 4. The predicted molar refractivity (Wildman–Crippen MR) is 140 cm³/mol. The van der Waals surface area contributed by atoms with Crippen molar-refractivity contribution in [3.05, 3.63) is 83.4 Å². The Morgan fingerprint density at radius 2 is 2.03 bits per heavy atom. The highest BCUT2D eigenvalue weighted by Crippen LogP contribution is 2.43. The first-order chi connectivity index (χ1) is 17.9. The minimum absolute atomic E-state index is 0.186. The molecule has 11 heteroatoms. The van der Waals surface area contributed by atoms with Gasteiger partial charge in [-0.15, -0.1) is 0 Å². The fourth-order valence-corrected chi connectivity index (χ4v) is 4.10. The highest BCUT2D eigenvalue weighted by atomic mass is 19.2. The fourth-order valence-electron chi connectivity index (χ4n) is 4.10. The zero-order valence-electron chi connectivity index (χ0n) is 20.3. The summed E-state index contributed by atoms with van der Waals surface area (Å²) in [6, 6.07) is 0.605. The number of allylic oxidation sites excluding steroid dienone is 1. The Morgan fingerprint density at radius 1 is 1.22 bits per heavy atom. The fraction of sp³-hybridized carbons (Fsp3) is 0.308. The van der Waals surface area contributed by atoms with Gasteiger partial charge in [0.1, 0.15) is 5.84 Å². The first-order valence-corrected chi connectivity index (χ1v) is 11.9. The van der Waals surface area contributed by atoms with E-state index in [9.17, 15) is 13.2 Å². The van der Waals surface area contributed by atoms with E-state index in [-0.39, 0.29) is 18.3 Å². The molecule has 1 unspecified atom stereocenters. The number of rotatable bonds is 10. The van der Waals surface area contributed by atoms with E-state index in [1.54, 1.807) is 18.3 Å². The normalized spacial score (nSPS) is 18.3. The number of anilines is 1. The van der Waals surface area contributed by atoms with E-state index in [0.29, 0.717) is 29.1 Å². The maximum absolute atomic E-state index is 14.0. The van der Waals surface area contributed by atoms with Crippen molar-refractivity contribution >= 4 is 24.1 Å². The average molecular weight is 511 g/mol. The zero-order valence-corrected chi connectivity index (χ0v) is 20.3.